The number of ether oxygens (including phenoxy) is 2. The normalized spacial score (nSPS) is 16.8. The van der Waals surface area contributed by atoms with E-state index in [-0.39, 0.29) is 17.9 Å². The maximum atomic E-state index is 12.4. The first kappa shape index (κ1) is 18.8. The van der Waals surface area contributed by atoms with Crippen LogP contribution in [0.3, 0.4) is 0 Å². The van der Waals surface area contributed by atoms with Gasteiger partial charge >= 0.3 is 5.97 Å². The predicted molar refractivity (Wildman–Crippen MR) is 108 cm³/mol. The number of para-hydroxylation sites is 1. The van der Waals surface area contributed by atoms with Gasteiger partial charge in [-0.1, -0.05) is 42.1 Å². The molecule has 0 saturated heterocycles. The largest absolute Gasteiger partial charge is 0.506 e. The highest BCUT2D eigenvalue weighted by molar-refractivity contribution is 8.18. The van der Waals surface area contributed by atoms with E-state index in [1.807, 2.05) is 54.6 Å². The Morgan fingerprint density at radius 2 is 1.96 bits per heavy atom. The number of thioether (sulfide) groups is 1. The molecule has 2 aromatic rings. The van der Waals surface area contributed by atoms with Crippen LogP contribution < -0.4 is 4.74 Å². The van der Waals surface area contributed by atoms with E-state index >= 15 is 0 Å². The van der Waals surface area contributed by atoms with Crippen LogP contribution in [0.15, 0.2) is 75.8 Å². The molecule has 6 heteroatoms. The highest BCUT2D eigenvalue weighted by atomic mass is 32.2. The molecule has 5 nitrogen and oxygen atoms in total. The molecular weight excluding hydrogens is 362 g/mol. The Balaban J connectivity index is 2.03. The van der Waals surface area contributed by atoms with Crippen molar-refractivity contribution in [1.82, 2.24) is 0 Å². The number of hydrogen-bond donors (Lipinski definition) is 1. The standard InChI is InChI=1S/C21H19NO4S/c1-3-26-21(24)18-19(23)17(13-14-8-7-11-16(12-14)25-2)27-20(18)22-15-9-5-4-6-10-15/h4-13,23H,3H2,1-2H3/b17-13-,22-20?. The zero-order valence-corrected chi connectivity index (χ0v) is 15.8. The summed E-state index contributed by atoms with van der Waals surface area (Å²) in [4.78, 5) is 17.4. The van der Waals surface area contributed by atoms with Gasteiger partial charge in [-0.05, 0) is 42.8 Å². The number of methoxy groups -OCH3 is 1. The Hall–Kier alpha value is -2.99. The van der Waals surface area contributed by atoms with Gasteiger partial charge in [-0.3, -0.25) is 0 Å². The first-order chi connectivity index (χ1) is 13.1. The fourth-order valence-electron chi connectivity index (χ4n) is 2.49. The second kappa shape index (κ2) is 8.60. The van der Waals surface area contributed by atoms with E-state index < -0.39 is 5.97 Å². The third-order valence-corrected chi connectivity index (χ3v) is 4.77. The van der Waals surface area contributed by atoms with E-state index in [2.05, 4.69) is 4.99 Å². The average molecular weight is 381 g/mol. The molecule has 1 aliphatic heterocycles. The third kappa shape index (κ3) is 4.41. The lowest BCUT2D eigenvalue weighted by Crippen LogP contribution is -2.12. The van der Waals surface area contributed by atoms with Crippen LogP contribution in [0.5, 0.6) is 5.75 Å². The topological polar surface area (TPSA) is 68.1 Å². The molecule has 2 aromatic carbocycles. The van der Waals surface area contributed by atoms with Crippen molar-refractivity contribution in [2.45, 2.75) is 6.92 Å². The summed E-state index contributed by atoms with van der Waals surface area (Å²) in [6, 6.07) is 16.7. The molecule has 3 rings (SSSR count). The maximum Gasteiger partial charge on any atom is 0.344 e. The van der Waals surface area contributed by atoms with Crippen LogP contribution in [0.4, 0.5) is 5.69 Å². The van der Waals surface area contributed by atoms with E-state index in [0.717, 1.165) is 5.56 Å². The zero-order chi connectivity index (χ0) is 19.2. The van der Waals surface area contributed by atoms with Gasteiger partial charge in [0.2, 0.25) is 0 Å². The van der Waals surface area contributed by atoms with Crippen LogP contribution in [-0.2, 0) is 9.53 Å². The van der Waals surface area contributed by atoms with Crippen LogP contribution in [0.2, 0.25) is 0 Å². The van der Waals surface area contributed by atoms with Crippen molar-refractivity contribution in [3.05, 3.63) is 76.4 Å². The Morgan fingerprint density at radius 1 is 1.19 bits per heavy atom. The van der Waals surface area contributed by atoms with E-state index in [1.165, 1.54) is 11.8 Å². The maximum absolute atomic E-state index is 12.4. The van der Waals surface area contributed by atoms with E-state index in [1.54, 1.807) is 20.1 Å². The number of hydrogen-bond acceptors (Lipinski definition) is 6. The minimum Gasteiger partial charge on any atom is -0.506 e. The lowest BCUT2D eigenvalue weighted by molar-refractivity contribution is -0.138. The average Bonchev–Trinajstić information content (AvgIpc) is 2.98. The van der Waals surface area contributed by atoms with Gasteiger partial charge in [0.05, 0.1) is 24.3 Å². The highest BCUT2D eigenvalue weighted by Crippen LogP contribution is 2.40. The molecule has 0 bridgehead atoms. The van der Waals surface area contributed by atoms with Crippen molar-refractivity contribution in [3.8, 4) is 5.75 Å². The summed E-state index contributed by atoms with van der Waals surface area (Å²) in [7, 11) is 1.59. The Morgan fingerprint density at radius 3 is 2.67 bits per heavy atom. The second-order valence-corrected chi connectivity index (χ2v) is 6.61. The van der Waals surface area contributed by atoms with Gasteiger partial charge in [-0.25, -0.2) is 9.79 Å². The molecule has 0 spiro atoms. The summed E-state index contributed by atoms with van der Waals surface area (Å²) >= 11 is 1.23. The minimum atomic E-state index is -0.591. The minimum absolute atomic E-state index is 0.0832. The molecule has 0 radical (unpaired) electrons. The van der Waals surface area contributed by atoms with Gasteiger partial charge in [-0.15, -0.1) is 0 Å². The third-order valence-electron chi connectivity index (χ3n) is 3.75. The van der Waals surface area contributed by atoms with Crippen LogP contribution in [0.25, 0.3) is 6.08 Å². The lowest BCUT2D eigenvalue weighted by Gasteiger charge is -2.03. The van der Waals surface area contributed by atoms with Crippen molar-refractivity contribution in [1.29, 1.82) is 0 Å². The molecule has 0 atom stereocenters. The number of esters is 1. The second-order valence-electron chi connectivity index (χ2n) is 5.58. The molecule has 0 fully saturated rings. The molecule has 1 N–H and O–H groups in total. The molecule has 27 heavy (non-hydrogen) atoms. The zero-order valence-electron chi connectivity index (χ0n) is 15.0. The van der Waals surface area contributed by atoms with E-state index in [4.69, 9.17) is 9.47 Å². The summed E-state index contributed by atoms with van der Waals surface area (Å²) in [5, 5.41) is 11.1. The van der Waals surface area contributed by atoms with Gasteiger partial charge in [0.1, 0.15) is 22.1 Å². The van der Waals surface area contributed by atoms with Gasteiger partial charge in [0, 0.05) is 0 Å². The monoisotopic (exact) mass is 381 g/mol. The number of aliphatic hydroxyl groups is 1. The van der Waals surface area contributed by atoms with Crippen molar-refractivity contribution >= 4 is 34.5 Å². The fourth-order valence-corrected chi connectivity index (χ4v) is 3.53. The van der Waals surface area contributed by atoms with Gasteiger partial charge < -0.3 is 14.6 Å². The van der Waals surface area contributed by atoms with Crippen LogP contribution in [0, 0.1) is 0 Å². The van der Waals surface area contributed by atoms with Crippen molar-refractivity contribution in [2.24, 2.45) is 4.99 Å². The number of aliphatic imine (C=N–C) groups is 1. The van der Waals surface area contributed by atoms with Gasteiger partial charge in [-0.2, -0.15) is 0 Å². The lowest BCUT2D eigenvalue weighted by atomic mass is 10.1. The van der Waals surface area contributed by atoms with Gasteiger partial charge in [0.25, 0.3) is 0 Å². The predicted octanol–water partition coefficient (Wildman–Crippen LogP) is 4.89. The number of rotatable bonds is 5. The van der Waals surface area contributed by atoms with Crippen molar-refractivity contribution < 1.29 is 19.4 Å². The van der Waals surface area contributed by atoms with Crippen LogP contribution >= 0.6 is 11.8 Å². The highest BCUT2D eigenvalue weighted by Gasteiger charge is 2.33. The molecule has 1 aliphatic rings. The van der Waals surface area contributed by atoms with Crippen LogP contribution in [-0.4, -0.2) is 29.8 Å². The molecule has 138 valence electrons. The molecule has 1 heterocycles. The summed E-state index contributed by atoms with van der Waals surface area (Å²) in [6.07, 6.45) is 1.79. The fraction of sp³-hybridized carbons (Fsp3) is 0.143. The molecule has 0 amide bonds. The van der Waals surface area contributed by atoms with Gasteiger partial charge in [0.15, 0.2) is 0 Å². The summed E-state index contributed by atoms with van der Waals surface area (Å²) in [5.74, 6) is -0.0122. The van der Waals surface area contributed by atoms with Crippen LogP contribution in [0.1, 0.15) is 12.5 Å². The Bertz CT molecular complexity index is 932. The first-order valence-electron chi connectivity index (χ1n) is 8.40. The smallest absolute Gasteiger partial charge is 0.344 e. The van der Waals surface area contributed by atoms with E-state index in [9.17, 15) is 9.90 Å². The first-order valence-corrected chi connectivity index (χ1v) is 9.22. The number of carbonyl (C=O) groups is 1. The number of benzene rings is 2. The molecule has 0 unspecified atom stereocenters. The van der Waals surface area contributed by atoms with E-state index in [0.29, 0.717) is 21.4 Å². The molecule has 0 aromatic heterocycles. The summed E-state index contributed by atoms with van der Waals surface area (Å²) in [6.45, 7) is 1.94. The summed E-state index contributed by atoms with van der Waals surface area (Å²) < 4.78 is 10.3. The van der Waals surface area contributed by atoms with Crippen molar-refractivity contribution in [3.63, 3.8) is 0 Å². The molecule has 0 aliphatic carbocycles. The van der Waals surface area contributed by atoms with Crippen molar-refractivity contribution in [2.75, 3.05) is 13.7 Å². The number of nitrogens with zero attached hydrogens (tertiary/aromatic N) is 1. The molecule has 0 saturated carbocycles. The Kier molecular flexibility index (Phi) is 5.98. The number of aliphatic hydroxyl groups excluding tert-OH is 1. The molecular formula is C21H19NO4S. The quantitative estimate of drug-likeness (QED) is 0.747. The summed E-state index contributed by atoms with van der Waals surface area (Å²) in [5.41, 5.74) is 1.62. The Labute approximate surface area is 162 Å². The SMILES string of the molecule is CCOC(=O)C1=C(O)/C(=C/c2cccc(OC)c2)SC1=Nc1ccccc1. The number of carbonyl (C=O) groups excluding carboxylic acids is 1.